The van der Waals surface area contributed by atoms with E-state index >= 15 is 0 Å². The van der Waals surface area contributed by atoms with Gasteiger partial charge in [0, 0.05) is 25.5 Å². The number of likely N-dealkylation sites (tertiary alicyclic amines) is 1. The Labute approximate surface area is 172 Å². The van der Waals surface area contributed by atoms with E-state index in [9.17, 15) is 8.42 Å². The largest absolute Gasteiger partial charge is 0.353 e. The zero-order valence-electron chi connectivity index (χ0n) is 17.1. The van der Waals surface area contributed by atoms with Gasteiger partial charge in [0.2, 0.25) is 10.0 Å². The highest BCUT2D eigenvalue weighted by Gasteiger charge is 2.29. The molecule has 1 aromatic carbocycles. The highest BCUT2D eigenvalue weighted by atomic mass is 32.2. The number of aromatic nitrogens is 3. The van der Waals surface area contributed by atoms with Crippen molar-refractivity contribution in [1.29, 1.82) is 0 Å². The molecule has 2 aromatic heterocycles. The zero-order valence-corrected chi connectivity index (χ0v) is 17.9. The van der Waals surface area contributed by atoms with Crippen LogP contribution in [0.3, 0.4) is 0 Å². The number of aryl methyl sites for hydroxylation is 2. The van der Waals surface area contributed by atoms with Gasteiger partial charge in [-0.15, -0.1) is 0 Å². The van der Waals surface area contributed by atoms with E-state index in [-0.39, 0.29) is 4.90 Å². The van der Waals surface area contributed by atoms with Crippen LogP contribution in [-0.2, 0) is 30.2 Å². The van der Waals surface area contributed by atoms with Crippen molar-refractivity contribution in [3.63, 3.8) is 0 Å². The van der Waals surface area contributed by atoms with E-state index in [1.165, 1.54) is 12.1 Å². The van der Waals surface area contributed by atoms with Gasteiger partial charge in [-0.05, 0) is 56.1 Å². The average molecular weight is 416 g/mol. The van der Waals surface area contributed by atoms with Crippen LogP contribution in [0, 0.1) is 0 Å². The standard InChI is InChI=1S/C21H29N5O2S/c1-3-4-13-26-18-10-9-16(29(22,27)28)14-17(18)23-21(26)15-25-12-6-8-20(25)19-7-5-11-24(19)2/h5,7,9-11,14,20H,3-4,6,8,12-13,15H2,1-2H3,(H2,22,27,28). The molecule has 4 rings (SSSR count). The van der Waals surface area contributed by atoms with E-state index in [0.717, 1.165) is 50.2 Å². The van der Waals surface area contributed by atoms with Crippen molar-refractivity contribution < 1.29 is 8.42 Å². The van der Waals surface area contributed by atoms with Gasteiger partial charge < -0.3 is 9.13 Å². The molecule has 8 heteroatoms. The summed E-state index contributed by atoms with van der Waals surface area (Å²) in [4.78, 5) is 7.43. The minimum Gasteiger partial charge on any atom is -0.353 e. The molecule has 1 aliphatic heterocycles. The first-order chi connectivity index (χ1) is 13.9. The third kappa shape index (κ3) is 3.97. The first kappa shape index (κ1) is 20.1. The van der Waals surface area contributed by atoms with Crippen LogP contribution in [0.1, 0.15) is 50.2 Å². The van der Waals surface area contributed by atoms with Crippen LogP contribution >= 0.6 is 0 Å². The fourth-order valence-electron chi connectivity index (χ4n) is 4.38. The molecule has 0 amide bonds. The number of unbranched alkanes of at least 4 members (excludes halogenated alkanes) is 1. The Hall–Kier alpha value is -2.16. The van der Waals surface area contributed by atoms with E-state index < -0.39 is 10.0 Å². The Bertz CT molecular complexity index is 1120. The molecule has 1 unspecified atom stereocenters. The quantitative estimate of drug-likeness (QED) is 0.642. The lowest BCUT2D eigenvalue weighted by Gasteiger charge is -2.25. The topological polar surface area (TPSA) is 86.2 Å². The lowest BCUT2D eigenvalue weighted by atomic mass is 10.1. The molecular formula is C21H29N5O2S. The summed E-state index contributed by atoms with van der Waals surface area (Å²) in [6.45, 7) is 4.83. The number of benzene rings is 1. The Morgan fingerprint density at radius 2 is 2.10 bits per heavy atom. The number of nitrogens with two attached hydrogens (primary N) is 1. The molecule has 0 aliphatic carbocycles. The first-order valence-corrected chi connectivity index (χ1v) is 11.8. The highest BCUT2D eigenvalue weighted by Crippen LogP contribution is 2.33. The van der Waals surface area contributed by atoms with Crippen LogP contribution in [0.25, 0.3) is 11.0 Å². The summed E-state index contributed by atoms with van der Waals surface area (Å²) in [5.41, 5.74) is 2.99. The van der Waals surface area contributed by atoms with Crippen molar-refractivity contribution in [2.24, 2.45) is 12.2 Å². The maximum atomic E-state index is 11.8. The average Bonchev–Trinajstić information content (AvgIpc) is 3.37. The second-order valence-corrected chi connectivity index (χ2v) is 9.46. The van der Waals surface area contributed by atoms with Gasteiger partial charge in [-0.2, -0.15) is 0 Å². The van der Waals surface area contributed by atoms with Crippen LogP contribution in [0.5, 0.6) is 0 Å². The van der Waals surface area contributed by atoms with Gasteiger partial charge in [0.05, 0.1) is 28.5 Å². The first-order valence-electron chi connectivity index (χ1n) is 10.3. The van der Waals surface area contributed by atoms with E-state index in [1.807, 2.05) is 6.07 Å². The number of primary sulfonamides is 1. The molecule has 1 atom stereocenters. The van der Waals surface area contributed by atoms with E-state index in [1.54, 1.807) is 12.1 Å². The van der Waals surface area contributed by atoms with Crippen molar-refractivity contribution in [3.8, 4) is 0 Å². The number of nitrogens with zero attached hydrogens (tertiary/aromatic N) is 4. The fourth-order valence-corrected chi connectivity index (χ4v) is 4.91. The molecule has 2 N–H and O–H groups in total. The van der Waals surface area contributed by atoms with Crippen molar-refractivity contribution in [3.05, 3.63) is 48.0 Å². The lowest BCUT2D eigenvalue weighted by Crippen LogP contribution is -2.26. The van der Waals surface area contributed by atoms with Gasteiger partial charge in [0.25, 0.3) is 0 Å². The van der Waals surface area contributed by atoms with Crippen LogP contribution < -0.4 is 5.14 Å². The maximum Gasteiger partial charge on any atom is 0.238 e. The fraction of sp³-hybridized carbons (Fsp3) is 0.476. The van der Waals surface area contributed by atoms with Crippen LogP contribution in [-0.4, -0.2) is 34.0 Å². The van der Waals surface area contributed by atoms with Gasteiger partial charge in [-0.25, -0.2) is 18.5 Å². The smallest absolute Gasteiger partial charge is 0.238 e. The zero-order chi connectivity index (χ0) is 20.6. The minimum atomic E-state index is -3.74. The predicted octanol–water partition coefficient (Wildman–Crippen LogP) is 3.16. The highest BCUT2D eigenvalue weighted by molar-refractivity contribution is 7.89. The molecule has 0 spiro atoms. The second-order valence-electron chi connectivity index (χ2n) is 7.90. The normalized spacial score (nSPS) is 18.1. The van der Waals surface area contributed by atoms with Gasteiger partial charge >= 0.3 is 0 Å². The molecular weight excluding hydrogens is 386 g/mol. The Kier molecular flexibility index (Phi) is 5.50. The van der Waals surface area contributed by atoms with Gasteiger partial charge in [-0.1, -0.05) is 13.3 Å². The molecule has 3 heterocycles. The Balaban J connectivity index is 1.70. The molecule has 7 nitrogen and oxygen atoms in total. The Morgan fingerprint density at radius 1 is 1.28 bits per heavy atom. The van der Waals surface area contributed by atoms with Crippen LogP contribution in [0.15, 0.2) is 41.4 Å². The van der Waals surface area contributed by atoms with Gasteiger partial charge in [-0.3, -0.25) is 4.90 Å². The molecule has 1 aliphatic rings. The molecule has 1 fully saturated rings. The number of hydrogen-bond donors (Lipinski definition) is 1. The Morgan fingerprint density at radius 3 is 2.79 bits per heavy atom. The summed E-state index contributed by atoms with van der Waals surface area (Å²) >= 11 is 0. The number of imidazole rings is 1. The number of hydrogen-bond acceptors (Lipinski definition) is 4. The third-order valence-electron chi connectivity index (χ3n) is 5.90. The summed E-state index contributed by atoms with van der Waals surface area (Å²) < 4.78 is 28.0. The summed E-state index contributed by atoms with van der Waals surface area (Å²) in [5, 5.41) is 5.32. The van der Waals surface area contributed by atoms with E-state index in [0.29, 0.717) is 11.6 Å². The second kappa shape index (κ2) is 7.93. The number of rotatable bonds is 7. The maximum absolute atomic E-state index is 11.8. The monoisotopic (exact) mass is 415 g/mol. The van der Waals surface area contributed by atoms with Crippen LogP contribution in [0.2, 0.25) is 0 Å². The van der Waals surface area contributed by atoms with Crippen LogP contribution in [0.4, 0.5) is 0 Å². The molecule has 0 bridgehead atoms. The molecule has 1 saturated heterocycles. The molecule has 0 radical (unpaired) electrons. The predicted molar refractivity (Wildman–Crippen MR) is 114 cm³/mol. The summed E-state index contributed by atoms with van der Waals surface area (Å²) in [7, 11) is -1.65. The van der Waals surface area contributed by atoms with E-state index in [2.05, 4.69) is 46.3 Å². The van der Waals surface area contributed by atoms with Crippen molar-refractivity contribution in [2.75, 3.05) is 6.54 Å². The van der Waals surface area contributed by atoms with Crippen molar-refractivity contribution in [2.45, 2.75) is 56.6 Å². The van der Waals surface area contributed by atoms with Crippen molar-refractivity contribution in [1.82, 2.24) is 19.0 Å². The SMILES string of the molecule is CCCCn1c(CN2CCCC2c2cccn2C)nc2cc(S(N)(=O)=O)ccc21. The van der Waals surface area contributed by atoms with Crippen molar-refractivity contribution >= 4 is 21.1 Å². The molecule has 156 valence electrons. The lowest BCUT2D eigenvalue weighted by molar-refractivity contribution is 0.232. The molecule has 3 aromatic rings. The third-order valence-corrected chi connectivity index (χ3v) is 6.81. The van der Waals surface area contributed by atoms with Gasteiger partial charge in [0.1, 0.15) is 5.82 Å². The molecule has 0 saturated carbocycles. The number of sulfonamides is 1. The number of fused-ring (bicyclic) bond motifs is 1. The summed E-state index contributed by atoms with van der Waals surface area (Å²) in [6, 6.07) is 9.68. The summed E-state index contributed by atoms with van der Waals surface area (Å²) in [6.07, 6.45) is 6.54. The van der Waals surface area contributed by atoms with Gasteiger partial charge in [0.15, 0.2) is 0 Å². The van der Waals surface area contributed by atoms with E-state index in [4.69, 9.17) is 10.1 Å². The summed E-state index contributed by atoms with van der Waals surface area (Å²) in [5.74, 6) is 0.987. The molecule has 29 heavy (non-hydrogen) atoms. The minimum absolute atomic E-state index is 0.111.